The highest BCUT2D eigenvalue weighted by Crippen LogP contribution is 2.42. The van der Waals surface area contributed by atoms with Gasteiger partial charge in [-0.15, -0.1) is 22.7 Å². The zero-order chi connectivity index (χ0) is 16.7. The molecule has 0 saturated heterocycles. The average molecular weight is 357 g/mol. The molecule has 0 aliphatic carbocycles. The lowest BCUT2D eigenvalue weighted by atomic mass is 9.92. The number of fused-ring (bicyclic) bond motifs is 1. The Morgan fingerprint density at radius 2 is 2.08 bits per heavy atom. The first kappa shape index (κ1) is 15.8. The van der Waals surface area contributed by atoms with E-state index in [9.17, 15) is 0 Å². The molecule has 1 N–H and O–H groups in total. The molecule has 0 bridgehead atoms. The van der Waals surface area contributed by atoms with E-state index in [1.165, 1.54) is 26.6 Å². The van der Waals surface area contributed by atoms with Crippen molar-refractivity contribution in [2.75, 3.05) is 7.11 Å². The van der Waals surface area contributed by atoms with Crippen LogP contribution in [0.3, 0.4) is 0 Å². The average Bonchev–Trinajstić information content (AvgIpc) is 3.22. The number of nitrogens with zero attached hydrogens (tertiary/aromatic N) is 1. The van der Waals surface area contributed by atoms with Crippen molar-refractivity contribution in [3.63, 3.8) is 0 Å². The second-order valence-corrected chi connectivity index (χ2v) is 8.08. The fraction of sp³-hybridized carbons (Fsp3) is 0.316. The quantitative estimate of drug-likeness (QED) is 0.731. The molecule has 0 spiro atoms. The SMILES string of the molecule is COc1cc(C)ccc1[C@H]1N[C@@H](c2nc(C)cs2)Cc2ccsc21. The van der Waals surface area contributed by atoms with Gasteiger partial charge < -0.3 is 4.74 Å². The molecule has 0 unspecified atom stereocenters. The van der Waals surface area contributed by atoms with Gasteiger partial charge in [-0.05, 0) is 48.9 Å². The molecule has 0 radical (unpaired) electrons. The summed E-state index contributed by atoms with van der Waals surface area (Å²) in [4.78, 5) is 6.10. The summed E-state index contributed by atoms with van der Waals surface area (Å²) in [6.45, 7) is 4.15. The Labute approximate surface area is 150 Å². The number of aryl methyl sites for hydroxylation is 2. The van der Waals surface area contributed by atoms with Crippen molar-refractivity contribution in [3.8, 4) is 5.75 Å². The van der Waals surface area contributed by atoms with Gasteiger partial charge in [-0.1, -0.05) is 12.1 Å². The van der Waals surface area contributed by atoms with Crippen LogP contribution in [-0.2, 0) is 6.42 Å². The maximum absolute atomic E-state index is 5.67. The predicted molar refractivity (Wildman–Crippen MR) is 100 cm³/mol. The largest absolute Gasteiger partial charge is 0.496 e. The molecule has 3 heterocycles. The molecule has 0 saturated carbocycles. The summed E-state index contributed by atoms with van der Waals surface area (Å²) in [6, 6.07) is 9.11. The molecule has 124 valence electrons. The Morgan fingerprint density at radius 3 is 2.83 bits per heavy atom. The molecular weight excluding hydrogens is 336 g/mol. The Balaban J connectivity index is 1.77. The van der Waals surface area contributed by atoms with Crippen LogP contribution < -0.4 is 10.1 Å². The smallest absolute Gasteiger partial charge is 0.124 e. The molecule has 0 amide bonds. The van der Waals surface area contributed by atoms with Crippen LogP contribution in [0.1, 0.15) is 44.4 Å². The van der Waals surface area contributed by atoms with Crippen LogP contribution in [0.5, 0.6) is 5.75 Å². The molecule has 0 fully saturated rings. The van der Waals surface area contributed by atoms with E-state index in [-0.39, 0.29) is 12.1 Å². The fourth-order valence-electron chi connectivity index (χ4n) is 3.30. The van der Waals surface area contributed by atoms with Crippen molar-refractivity contribution in [1.82, 2.24) is 10.3 Å². The number of nitrogens with one attached hydrogen (secondary N) is 1. The molecular formula is C19H20N2OS2. The third-order valence-electron chi connectivity index (χ3n) is 4.47. The first-order valence-electron chi connectivity index (χ1n) is 8.04. The normalized spacial score (nSPS) is 20.0. The molecule has 3 nitrogen and oxygen atoms in total. The highest BCUT2D eigenvalue weighted by Gasteiger charge is 2.32. The lowest BCUT2D eigenvalue weighted by molar-refractivity contribution is 0.393. The number of hydrogen-bond donors (Lipinski definition) is 1. The van der Waals surface area contributed by atoms with E-state index >= 15 is 0 Å². The molecule has 2 atom stereocenters. The Morgan fingerprint density at radius 1 is 1.21 bits per heavy atom. The van der Waals surface area contributed by atoms with Gasteiger partial charge in [-0.25, -0.2) is 4.98 Å². The van der Waals surface area contributed by atoms with Gasteiger partial charge in [0.25, 0.3) is 0 Å². The molecule has 1 aliphatic rings. The minimum absolute atomic E-state index is 0.151. The summed E-state index contributed by atoms with van der Waals surface area (Å²) in [7, 11) is 1.75. The molecule has 1 aliphatic heterocycles. The van der Waals surface area contributed by atoms with Gasteiger partial charge in [0.1, 0.15) is 10.8 Å². The second kappa shape index (κ2) is 6.31. The van der Waals surface area contributed by atoms with E-state index < -0.39 is 0 Å². The summed E-state index contributed by atoms with van der Waals surface area (Å²) in [5.74, 6) is 0.947. The molecule has 24 heavy (non-hydrogen) atoms. The number of hydrogen-bond acceptors (Lipinski definition) is 5. The Kier molecular flexibility index (Phi) is 4.16. The summed E-state index contributed by atoms with van der Waals surface area (Å²) < 4.78 is 5.67. The van der Waals surface area contributed by atoms with Gasteiger partial charge in [-0.3, -0.25) is 5.32 Å². The third-order valence-corrected chi connectivity index (χ3v) is 6.57. The predicted octanol–water partition coefficient (Wildman–Crippen LogP) is 4.81. The van der Waals surface area contributed by atoms with Gasteiger partial charge in [0.05, 0.1) is 19.2 Å². The molecule has 5 heteroatoms. The molecule has 4 rings (SSSR count). The fourth-order valence-corrected chi connectivity index (χ4v) is 5.17. The molecule has 2 aromatic heterocycles. The Hall–Kier alpha value is -1.69. The van der Waals surface area contributed by atoms with E-state index in [1.54, 1.807) is 18.4 Å². The topological polar surface area (TPSA) is 34.1 Å². The summed E-state index contributed by atoms with van der Waals surface area (Å²) in [5, 5.41) is 9.30. The highest BCUT2D eigenvalue weighted by molar-refractivity contribution is 7.10. The van der Waals surface area contributed by atoms with E-state index in [0.29, 0.717) is 0 Å². The first-order valence-corrected chi connectivity index (χ1v) is 9.80. The molecule has 3 aromatic rings. The Bertz CT molecular complexity index is 868. The van der Waals surface area contributed by atoms with Crippen molar-refractivity contribution in [2.45, 2.75) is 32.4 Å². The van der Waals surface area contributed by atoms with E-state index in [1.807, 2.05) is 11.3 Å². The maximum Gasteiger partial charge on any atom is 0.124 e. The van der Waals surface area contributed by atoms with Gasteiger partial charge in [0.15, 0.2) is 0 Å². The van der Waals surface area contributed by atoms with Crippen LogP contribution >= 0.6 is 22.7 Å². The minimum atomic E-state index is 0.151. The van der Waals surface area contributed by atoms with Crippen LogP contribution in [0.25, 0.3) is 0 Å². The van der Waals surface area contributed by atoms with Gasteiger partial charge in [-0.2, -0.15) is 0 Å². The van der Waals surface area contributed by atoms with E-state index in [0.717, 1.165) is 17.9 Å². The van der Waals surface area contributed by atoms with Crippen molar-refractivity contribution in [2.24, 2.45) is 0 Å². The van der Waals surface area contributed by atoms with Gasteiger partial charge >= 0.3 is 0 Å². The van der Waals surface area contributed by atoms with Gasteiger partial charge in [0, 0.05) is 21.5 Å². The summed E-state index contributed by atoms with van der Waals surface area (Å²) in [5.41, 5.74) is 4.93. The van der Waals surface area contributed by atoms with E-state index in [2.05, 4.69) is 54.2 Å². The lowest BCUT2D eigenvalue weighted by Crippen LogP contribution is -2.33. The van der Waals surface area contributed by atoms with Crippen LogP contribution in [-0.4, -0.2) is 12.1 Å². The second-order valence-electron chi connectivity index (χ2n) is 6.24. The van der Waals surface area contributed by atoms with Crippen molar-refractivity contribution >= 4 is 22.7 Å². The van der Waals surface area contributed by atoms with E-state index in [4.69, 9.17) is 9.72 Å². The number of ether oxygens (including phenoxy) is 1. The van der Waals surface area contributed by atoms with Gasteiger partial charge in [0.2, 0.25) is 0 Å². The minimum Gasteiger partial charge on any atom is -0.496 e. The number of rotatable bonds is 3. The number of thiazole rings is 1. The van der Waals surface area contributed by atoms with Crippen LogP contribution in [0.2, 0.25) is 0 Å². The highest BCUT2D eigenvalue weighted by atomic mass is 32.1. The number of thiophene rings is 1. The standard InChI is InChI=1S/C19H20N2OS2/c1-11-4-5-14(16(8-11)22-3)17-18-13(6-7-23-18)9-15(21-17)19-20-12(2)10-24-19/h4-8,10,15,17,21H,9H2,1-3H3/t15-,17-/m1/s1. The first-order chi connectivity index (χ1) is 11.7. The molecule has 1 aromatic carbocycles. The summed E-state index contributed by atoms with van der Waals surface area (Å²) >= 11 is 3.56. The maximum atomic E-state index is 5.67. The summed E-state index contributed by atoms with van der Waals surface area (Å²) in [6.07, 6.45) is 0.996. The zero-order valence-electron chi connectivity index (χ0n) is 14.0. The van der Waals surface area contributed by atoms with Crippen molar-refractivity contribution < 1.29 is 4.74 Å². The van der Waals surface area contributed by atoms with Crippen LogP contribution in [0, 0.1) is 13.8 Å². The van der Waals surface area contributed by atoms with Crippen molar-refractivity contribution in [1.29, 1.82) is 0 Å². The number of methoxy groups -OCH3 is 1. The number of benzene rings is 1. The third kappa shape index (κ3) is 2.77. The van der Waals surface area contributed by atoms with Crippen molar-refractivity contribution in [3.05, 3.63) is 67.3 Å². The monoisotopic (exact) mass is 356 g/mol. The lowest BCUT2D eigenvalue weighted by Gasteiger charge is -2.31. The number of aromatic nitrogens is 1. The zero-order valence-corrected chi connectivity index (χ0v) is 15.6. The van der Waals surface area contributed by atoms with Crippen LogP contribution in [0.4, 0.5) is 0 Å². The van der Waals surface area contributed by atoms with Crippen LogP contribution in [0.15, 0.2) is 35.0 Å².